The number of hydrogen-bond donors (Lipinski definition) is 0. The molecule has 0 saturated heterocycles. The molecule has 0 saturated carbocycles. The molecule has 2 radical (unpaired) electrons. The molecule has 0 atom stereocenters. The van der Waals surface area contributed by atoms with Crippen LogP contribution < -0.4 is 9.47 Å². The van der Waals surface area contributed by atoms with Crippen molar-refractivity contribution >= 4 is 11.1 Å². The van der Waals surface area contributed by atoms with E-state index in [9.17, 15) is 0 Å². The summed E-state index contributed by atoms with van der Waals surface area (Å²) in [6.07, 6.45) is 6.83. The Hall–Kier alpha value is -4.04. The lowest BCUT2D eigenvalue weighted by Crippen LogP contribution is -2.11. The molecule has 224 valence electrons. The molecule has 0 N–H and O–H groups in total. The fourth-order valence-electron chi connectivity index (χ4n) is 6.94. The standard InChI is InChI=1S/C42H44O2/c1-41(2,3)37-25-29-11-9-13-33(27-15-19-31(43-7)20-16-27)39(29)35(37)23-24-36-38(42(4,5)6)26-30-12-10-14-34(40(30)36)28-17-21-32(44-8)22-18-28/h9-22,25-26H,23-24H2,1-8H3. The van der Waals surface area contributed by atoms with Crippen molar-refractivity contribution < 1.29 is 9.47 Å². The number of hydrogen-bond acceptors (Lipinski definition) is 2. The van der Waals surface area contributed by atoms with Crippen LogP contribution in [0.15, 0.2) is 96.1 Å². The third-order valence-corrected chi connectivity index (χ3v) is 9.09. The van der Waals surface area contributed by atoms with Crippen molar-refractivity contribution in [2.45, 2.75) is 54.4 Å². The minimum Gasteiger partial charge on any atom is -0.497 e. The van der Waals surface area contributed by atoms with Gasteiger partial charge in [-0.2, -0.15) is 0 Å². The Bertz CT molecular complexity index is 1620. The monoisotopic (exact) mass is 580 g/mol. The molecule has 2 aliphatic carbocycles. The molecule has 2 nitrogen and oxygen atoms in total. The van der Waals surface area contributed by atoms with E-state index >= 15 is 0 Å². The van der Waals surface area contributed by atoms with Gasteiger partial charge in [0.2, 0.25) is 0 Å². The zero-order chi connectivity index (χ0) is 31.2. The second-order valence-electron chi connectivity index (χ2n) is 14.1. The first-order valence-corrected chi connectivity index (χ1v) is 15.7. The second kappa shape index (κ2) is 11.5. The van der Waals surface area contributed by atoms with Gasteiger partial charge in [0.05, 0.1) is 14.2 Å². The molecule has 0 bridgehead atoms. The van der Waals surface area contributed by atoms with Crippen LogP contribution in [-0.4, -0.2) is 14.2 Å². The first kappa shape index (κ1) is 30.0. The van der Waals surface area contributed by atoms with Gasteiger partial charge < -0.3 is 9.47 Å². The summed E-state index contributed by atoms with van der Waals surface area (Å²) in [6.45, 7) is 14.1. The zero-order valence-electron chi connectivity index (χ0n) is 27.5. The number of rotatable bonds is 7. The van der Waals surface area contributed by atoms with Gasteiger partial charge in [-0.3, -0.25) is 0 Å². The van der Waals surface area contributed by atoms with Crippen LogP contribution in [0.1, 0.15) is 76.6 Å². The van der Waals surface area contributed by atoms with Crippen molar-refractivity contribution in [2.24, 2.45) is 10.8 Å². The van der Waals surface area contributed by atoms with Crippen molar-refractivity contribution in [3.05, 3.63) is 131 Å². The van der Waals surface area contributed by atoms with E-state index < -0.39 is 0 Å². The van der Waals surface area contributed by atoms with E-state index in [0.717, 1.165) is 24.3 Å². The van der Waals surface area contributed by atoms with Gasteiger partial charge in [-0.25, -0.2) is 0 Å². The topological polar surface area (TPSA) is 18.5 Å². The minimum absolute atomic E-state index is 0.0285. The van der Waals surface area contributed by atoms with Crippen LogP contribution in [0.3, 0.4) is 0 Å². The maximum Gasteiger partial charge on any atom is 0.118 e. The lowest BCUT2D eigenvalue weighted by Gasteiger charge is -2.25. The van der Waals surface area contributed by atoms with E-state index in [0.29, 0.717) is 0 Å². The average Bonchev–Trinajstić information content (AvgIpc) is 3.59. The van der Waals surface area contributed by atoms with Gasteiger partial charge in [-0.1, -0.05) is 113 Å². The van der Waals surface area contributed by atoms with E-state index in [1.54, 1.807) is 14.2 Å². The smallest absolute Gasteiger partial charge is 0.118 e. The summed E-state index contributed by atoms with van der Waals surface area (Å²) in [5.74, 6) is 1.76. The van der Waals surface area contributed by atoms with Gasteiger partial charge in [-0.05, 0) is 104 Å². The molecule has 4 aromatic carbocycles. The third-order valence-electron chi connectivity index (χ3n) is 9.09. The van der Waals surface area contributed by atoms with E-state index in [1.807, 2.05) is 0 Å². The van der Waals surface area contributed by atoms with Crippen LogP contribution in [0.4, 0.5) is 0 Å². The van der Waals surface area contributed by atoms with Gasteiger partial charge in [0.15, 0.2) is 0 Å². The SMILES string of the molecule is COc1ccc(-c2cccc3c2C(CCC2=C(C(C)(C)C)[CH]c4cccc(-c5ccc(OC)cc5)c42)=C(C(C)(C)C)[CH]3)cc1. The van der Waals surface area contributed by atoms with Crippen LogP contribution in [-0.2, 0) is 0 Å². The lowest BCUT2D eigenvalue weighted by atomic mass is 9.79. The molecule has 2 aliphatic rings. The van der Waals surface area contributed by atoms with Gasteiger partial charge in [-0.15, -0.1) is 0 Å². The highest BCUT2D eigenvalue weighted by Gasteiger charge is 2.34. The molecule has 0 heterocycles. The second-order valence-corrected chi connectivity index (χ2v) is 14.1. The molecule has 0 aliphatic heterocycles. The van der Waals surface area contributed by atoms with Crippen molar-refractivity contribution in [3.63, 3.8) is 0 Å². The number of benzene rings is 4. The molecule has 0 unspecified atom stereocenters. The number of fused-ring (bicyclic) bond motifs is 2. The summed E-state index contributed by atoms with van der Waals surface area (Å²) in [4.78, 5) is 0. The summed E-state index contributed by atoms with van der Waals surface area (Å²) >= 11 is 0. The minimum atomic E-state index is 0.0285. The average molecular weight is 581 g/mol. The van der Waals surface area contributed by atoms with E-state index in [1.165, 1.54) is 66.8 Å². The van der Waals surface area contributed by atoms with Gasteiger partial charge in [0.25, 0.3) is 0 Å². The maximum absolute atomic E-state index is 5.47. The molecule has 6 rings (SSSR count). The molecule has 0 aromatic heterocycles. The maximum atomic E-state index is 5.47. The molecule has 4 aromatic rings. The Labute approximate surface area is 264 Å². The summed E-state index contributed by atoms with van der Waals surface area (Å²) in [6, 6.07) is 30.5. The van der Waals surface area contributed by atoms with E-state index in [4.69, 9.17) is 9.47 Å². The highest BCUT2D eigenvalue weighted by Crippen LogP contribution is 2.52. The molecular formula is C42H44O2. The Morgan fingerprint density at radius 3 is 1.16 bits per heavy atom. The Kier molecular flexibility index (Phi) is 7.82. The molecule has 0 amide bonds. The molecule has 0 fully saturated rings. The zero-order valence-corrected chi connectivity index (χ0v) is 27.5. The normalized spacial score (nSPS) is 14.6. The lowest BCUT2D eigenvalue weighted by molar-refractivity contribution is 0.415. The third kappa shape index (κ3) is 5.52. The number of methoxy groups -OCH3 is 2. The highest BCUT2D eigenvalue weighted by molar-refractivity contribution is 5.94. The molecule has 2 heteroatoms. The van der Waals surface area contributed by atoms with Crippen LogP contribution in [0.5, 0.6) is 11.5 Å². The Morgan fingerprint density at radius 1 is 0.477 bits per heavy atom. The van der Waals surface area contributed by atoms with Gasteiger partial charge in [0.1, 0.15) is 11.5 Å². The van der Waals surface area contributed by atoms with Crippen LogP contribution in [0, 0.1) is 23.7 Å². The van der Waals surface area contributed by atoms with E-state index in [2.05, 4.69) is 139 Å². The summed E-state index contributed by atoms with van der Waals surface area (Å²) in [7, 11) is 3.44. The number of allylic oxidation sites excluding steroid dienone is 4. The van der Waals surface area contributed by atoms with Crippen molar-refractivity contribution in [2.75, 3.05) is 14.2 Å². The van der Waals surface area contributed by atoms with Crippen molar-refractivity contribution in [3.8, 4) is 33.8 Å². The van der Waals surface area contributed by atoms with Gasteiger partial charge >= 0.3 is 0 Å². The van der Waals surface area contributed by atoms with Crippen LogP contribution >= 0.6 is 0 Å². The Balaban J connectivity index is 1.45. The largest absolute Gasteiger partial charge is 0.497 e. The van der Waals surface area contributed by atoms with Crippen molar-refractivity contribution in [1.82, 2.24) is 0 Å². The fraction of sp³-hybridized carbons (Fsp3) is 0.286. The first-order chi connectivity index (χ1) is 21.0. The number of ether oxygens (including phenoxy) is 2. The summed E-state index contributed by atoms with van der Waals surface area (Å²) < 4.78 is 10.9. The fourth-order valence-corrected chi connectivity index (χ4v) is 6.94. The summed E-state index contributed by atoms with van der Waals surface area (Å²) in [5, 5.41) is 0. The highest BCUT2D eigenvalue weighted by atomic mass is 16.5. The predicted molar refractivity (Wildman–Crippen MR) is 186 cm³/mol. The predicted octanol–water partition coefficient (Wildman–Crippen LogP) is 11.2. The van der Waals surface area contributed by atoms with Crippen molar-refractivity contribution in [1.29, 1.82) is 0 Å². The molecular weight excluding hydrogens is 536 g/mol. The summed E-state index contributed by atoms with van der Waals surface area (Å²) in [5.41, 5.74) is 16.3. The van der Waals surface area contributed by atoms with Crippen LogP contribution in [0.25, 0.3) is 33.4 Å². The van der Waals surface area contributed by atoms with E-state index in [-0.39, 0.29) is 10.8 Å². The first-order valence-electron chi connectivity index (χ1n) is 15.7. The van der Waals surface area contributed by atoms with Gasteiger partial charge in [0, 0.05) is 12.8 Å². The Morgan fingerprint density at radius 2 is 0.841 bits per heavy atom. The molecule has 0 spiro atoms. The van der Waals surface area contributed by atoms with Crippen LogP contribution in [0.2, 0.25) is 0 Å². The quantitative estimate of drug-likeness (QED) is 0.216. The molecule has 44 heavy (non-hydrogen) atoms.